The molecule has 2 amide bonds. The van der Waals surface area contributed by atoms with Gasteiger partial charge in [0.05, 0.1) is 6.42 Å². The highest BCUT2D eigenvalue weighted by atomic mass is 32.2. The van der Waals surface area contributed by atoms with Gasteiger partial charge in [-0.15, -0.1) is 5.06 Å². The van der Waals surface area contributed by atoms with Crippen LogP contribution in [0.5, 0.6) is 0 Å². The van der Waals surface area contributed by atoms with Crippen molar-refractivity contribution in [3.8, 4) is 0 Å². The topological polar surface area (TPSA) is 102 Å². The monoisotopic (exact) mass is 321 g/mol. The summed E-state index contributed by atoms with van der Waals surface area (Å²) in [6, 6.07) is 0. The molecular formula is C12H19NO7S. The Morgan fingerprint density at radius 1 is 1.29 bits per heavy atom. The summed E-state index contributed by atoms with van der Waals surface area (Å²) in [4.78, 5) is 38.7. The predicted molar refractivity (Wildman–Crippen MR) is 72.9 cm³/mol. The zero-order valence-electron chi connectivity index (χ0n) is 11.9. The third-order valence-corrected chi connectivity index (χ3v) is 3.79. The highest BCUT2D eigenvalue weighted by Crippen LogP contribution is 2.14. The van der Waals surface area contributed by atoms with Crippen LogP contribution in [0.2, 0.25) is 0 Å². The average molecular weight is 321 g/mol. The molecule has 0 spiro atoms. The summed E-state index contributed by atoms with van der Waals surface area (Å²) >= 11 is 1.31. The van der Waals surface area contributed by atoms with Gasteiger partial charge in [0.15, 0.2) is 6.29 Å². The number of ether oxygens (including phenoxy) is 2. The molecule has 1 aliphatic heterocycles. The van der Waals surface area contributed by atoms with Crippen molar-refractivity contribution in [2.45, 2.75) is 31.7 Å². The van der Waals surface area contributed by atoms with Gasteiger partial charge in [-0.2, -0.15) is 11.8 Å². The summed E-state index contributed by atoms with van der Waals surface area (Å²) in [7, 11) is 2.84. The smallest absolute Gasteiger partial charge is 0.334 e. The summed E-state index contributed by atoms with van der Waals surface area (Å²) in [6.45, 7) is 0. The minimum Gasteiger partial charge on any atom is -0.387 e. The van der Waals surface area contributed by atoms with E-state index >= 15 is 0 Å². The van der Waals surface area contributed by atoms with Gasteiger partial charge in [0.2, 0.25) is 0 Å². The molecule has 1 atom stereocenters. The van der Waals surface area contributed by atoms with Crippen molar-refractivity contribution in [3.05, 3.63) is 0 Å². The maximum atomic E-state index is 11.5. The van der Waals surface area contributed by atoms with E-state index < -0.39 is 30.2 Å². The molecule has 8 nitrogen and oxygen atoms in total. The lowest BCUT2D eigenvalue weighted by Gasteiger charge is -2.19. The van der Waals surface area contributed by atoms with Crippen molar-refractivity contribution in [2.24, 2.45) is 0 Å². The third kappa shape index (κ3) is 5.62. The molecule has 0 aromatic carbocycles. The molecule has 1 N–H and O–H groups in total. The minimum absolute atomic E-state index is 0.0269. The van der Waals surface area contributed by atoms with Crippen molar-refractivity contribution in [1.29, 1.82) is 0 Å². The van der Waals surface area contributed by atoms with Crippen LogP contribution in [0.3, 0.4) is 0 Å². The number of methoxy groups -OCH3 is 2. The van der Waals surface area contributed by atoms with Gasteiger partial charge in [0.25, 0.3) is 11.8 Å². The van der Waals surface area contributed by atoms with Crippen LogP contribution < -0.4 is 0 Å². The Morgan fingerprint density at radius 2 is 1.86 bits per heavy atom. The van der Waals surface area contributed by atoms with Crippen molar-refractivity contribution < 1.29 is 33.8 Å². The van der Waals surface area contributed by atoms with E-state index in [1.165, 1.54) is 26.0 Å². The quantitative estimate of drug-likeness (QED) is 0.351. The Kier molecular flexibility index (Phi) is 7.65. The number of carbonyl (C=O) groups excluding carboxylic acids is 3. The number of aliphatic hydroxyl groups excluding tert-OH is 1. The zero-order valence-corrected chi connectivity index (χ0v) is 12.8. The summed E-state index contributed by atoms with van der Waals surface area (Å²) < 4.78 is 9.79. The number of carbonyl (C=O) groups is 3. The molecule has 1 saturated heterocycles. The molecule has 1 fully saturated rings. The molecule has 0 aromatic heterocycles. The average Bonchev–Trinajstić information content (AvgIpc) is 2.77. The van der Waals surface area contributed by atoms with Gasteiger partial charge in [-0.25, -0.2) is 4.79 Å². The molecule has 0 radical (unpaired) electrons. The molecule has 120 valence electrons. The number of amides is 2. The van der Waals surface area contributed by atoms with E-state index in [9.17, 15) is 19.5 Å². The van der Waals surface area contributed by atoms with Crippen LogP contribution >= 0.6 is 11.8 Å². The van der Waals surface area contributed by atoms with Crippen LogP contribution in [-0.4, -0.2) is 66.1 Å². The number of nitrogens with zero attached hydrogens (tertiary/aromatic N) is 1. The van der Waals surface area contributed by atoms with E-state index in [-0.39, 0.29) is 19.3 Å². The van der Waals surface area contributed by atoms with Crippen molar-refractivity contribution in [1.82, 2.24) is 5.06 Å². The van der Waals surface area contributed by atoms with E-state index in [0.717, 1.165) is 0 Å². The summed E-state index contributed by atoms with van der Waals surface area (Å²) in [5.41, 5.74) is 0. The molecule has 0 aromatic rings. The van der Waals surface area contributed by atoms with Gasteiger partial charge in [-0.3, -0.25) is 9.59 Å². The lowest BCUT2D eigenvalue weighted by molar-refractivity contribution is -0.197. The number of thioether (sulfide) groups is 1. The fraction of sp³-hybridized carbons (Fsp3) is 0.750. The Labute approximate surface area is 126 Å². The molecular weight excluding hydrogens is 302 g/mol. The number of hydrogen-bond acceptors (Lipinski definition) is 8. The highest BCUT2D eigenvalue weighted by Gasteiger charge is 2.32. The maximum Gasteiger partial charge on any atom is 0.334 e. The van der Waals surface area contributed by atoms with Crippen molar-refractivity contribution >= 4 is 29.5 Å². The highest BCUT2D eigenvalue weighted by molar-refractivity contribution is 7.99. The van der Waals surface area contributed by atoms with Gasteiger partial charge < -0.3 is 19.4 Å². The normalized spacial score (nSPS) is 16.7. The van der Waals surface area contributed by atoms with Crippen molar-refractivity contribution in [3.63, 3.8) is 0 Å². The fourth-order valence-electron chi connectivity index (χ4n) is 1.65. The zero-order chi connectivity index (χ0) is 15.8. The van der Waals surface area contributed by atoms with E-state index in [2.05, 4.69) is 0 Å². The van der Waals surface area contributed by atoms with Crippen LogP contribution in [0.1, 0.15) is 19.3 Å². The standard InChI is InChI=1S/C12H19NO7S/c1-18-12(19-2)8(14)7-21-6-5-11(17)20-13-9(15)3-4-10(13)16/h8,12,14H,3-7H2,1-2H3. The van der Waals surface area contributed by atoms with Gasteiger partial charge in [-0.05, 0) is 0 Å². The number of hydrogen-bond donors (Lipinski definition) is 1. The first-order chi connectivity index (χ1) is 9.99. The van der Waals surface area contributed by atoms with Crippen LogP contribution in [0.25, 0.3) is 0 Å². The van der Waals surface area contributed by atoms with Crippen LogP contribution in [0.15, 0.2) is 0 Å². The molecule has 0 saturated carbocycles. The Balaban J connectivity index is 2.19. The molecule has 21 heavy (non-hydrogen) atoms. The molecule has 1 heterocycles. The van der Waals surface area contributed by atoms with E-state index in [0.29, 0.717) is 16.6 Å². The Morgan fingerprint density at radius 3 is 2.38 bits per heavy atom. The number of imide groups is 1. The van der Waals surface area contributed by atoms with E-state index in [1.807, 2.05) is 0 Å². The molecule has 1 rings (SSSR count). The van der Waals surface area contributed by atoms with Crippen molar-refractivity contribution in [2.75, 3.05) is 25.7 Å². The van der Waals surface area contributed by atoms with Crippen LogP contribution in [0, 0.1) is 0 Å². The summed E-state index contributed by atoms with van der Waals surface area (Å²) in [5, 5.41) is 10.2. The molecule has 0 aliphatic carbocycles. The number of hydroxylamine groups is 2. The third-order valence-electron chi connectivity index (χ3n) is 2.72. The molecule has 0 bridgehead atoms. The SMILES string of the molecule is COC(OC)C(O)CSCCC(=O)ON1C(=O)CCC1=O. The van der Waals surface area contributed by atoms with Gasteiger partial charge in [0.1, 0.15) is 6.10 Å². The lowest BCUT2D eigenvalue weighted by atomic mass is 10.4. The summed E-state index contributed by atoms with van der Waals surface area (Å²) in [6.07, 6.45) is -1.36. The second-order valence-electron chi connectivity index (χ2n) is 4.28. The van der Waals surface area contributed by atoms with E-state index in [4.69, 9.17) is 14.3 Å². The Bertz CT molecular complexity index is 370. The molecule has 1 aliphatic rings. The van der Waals surface area contributed by atoms with Gasteiger partial charge in [0, 0.05) is 38.6 Å². The molecule has 1 unspecified atom stereocenters. The second kappa shape index (κ2) is 8.98. The maximum absolute atomic E-state index is 11.5. The fourth-order valence-corrected chi connectivity index (χ4v) is 2.53. The first-order valence-electron chi connectivity index (χ1n) is 6.37. The lowest BCUT2D eigenvalue weighted by Crippen LogP contribution is -2.32. The predicted octanol–water partition coefficient (Wildman–Crippen LogP) is -0.303. The second-order valence-corrected chi connectivity index (χ2v) is 5.43. The minimum atomic E-state index is -0.817. The Hall–Kier alpha value is -1.16. The van der Waals surface area contributed by atoms with Gasteiger partial charge >= 0.3 is 5.97 Å². The van der Waals surface area contributed by atoms with Gasteiger partial charge in [-0.1, -0.05) is 0 Å². The van der Waals surface area contributed by atoms with Crippen LogP contribution in [0.4, 0.5) is 0 Å². The molecule has 9 heteroatoms. The first kappa shape index (κ1) is 17.9. The number of rotatable bonds is 9. The van der Waals surface area contributed by atoms with Crippen LogP contribution in [-0.2, 0) is 28.7 Å². The summed E-state index contributed by atoms with van der Waals surface area (Å²) in [5.74, 6) is -0.956. The first-order valence-corrected chi connectivity index (χ1v) is 7.53. The van der Waals surface area contributed by atoms with E-state index in [1.54, 1.807) is 0 Å². The largest absolute Gasteiger partial charge is 0.387 e. The number of aliphatic hydroxyl groups is 1.